The first-order valence-electron chi connectivity index (χ1n) is 8.33. The highest BCUT2D eigenvalue weighted by Crippen LogP contribution is 2.12. The summed E-state index contributed by atoms with van der Waals surface area (Å²) in [6, 6.07) is 5.98. The number of carbonyl (C=O) groups excluding carboxylic acids is 2. The summed E-state index contributed by atoms with van der Waals surface area (Å²) < 4.78 is 9.64. The molecule has 0 fully saturated rings. The van der Waals surface area contributed by atoms with Crippen molar-refractivity contribution in [2.24, 2.45) is 5.73 Å². The minimum absolute atomic E-state index is 0.0241. The zero-order valence-corrected chi connectivity index (χ0v) is 17.4. The Morgan fingerprint density at radius 3 is 1.75 bits per heavy atom. The Bertz CT molecular complexity index is 618. The molecule has 0 bridgehead atoms. The molecule has 0 aliphatic carbocycles. The van der Waals surface area contributed by atoms with Gasteiger partial charge in [0.1, 0.15) is 11.2 Å². The first-order chi connectivity index (χ1) is 12.7. The Balaban J connectivity index is 0. The number of rotatable bonds is 3. The first-order valence-corrected chi connectivity index (χ1v) is 8.33. The third kappa shape index (κ3) is 16.6. The molecule has 0 radical (unpaired) electrons. The lowest BCUT2D eigenvalue weighted by Crippen LogP contribution is -2.32. The smallest absolute Gasteiger partial charge is 0.407 e. The van der Waals surface area contributed by atoms with Gasteiger partial charge in [0.15, 0.2) is 0 Å². The van der Waals surface area contributed by atoms with E-state index in [4.69, 9.17) is 15.6 Å². The molecule has 1 aromatic rings. The van der Waals surface area contributed by atoms with Crippen LogP contribution < -0.4 is 11.1 Å². The summed E-state index contributed by atoms with van der Waals surface area (Å²) in [6.07, 6.45) is -1.24. The van der Waals surface area contributed by atoms with E-state index >= 15 is 0 Å². The molecule has 0 aromatic heterocycles. The van der Waals surface area contributed by atoms with Crippen LogP contribution in [0.15, 0.2) is 24.3 Å². The number of alkyl carbamates (subject to hydrolysis) is 1. The van der Waals surface area contributed by atoms with Crippen molar-refractivity contribution in [3.05, 3.63) is 39.9 Å². The Hall–Kier alpha value is -2.88. The lowest BCUT2D eigenvalue weighted by molar-refractivity contribution is -0.384. The molecule has 0 heterocycles. The third-order valence-corrected chi connectivity index (χ3v) is 2.39. The molecule has 1 rings (SSSR count). The molecule has 0 spiro atoms. The maximum Gasteiger partial charge on any atom is 0.407 e. The van der Waals surface area contributed by atoms with Crippen molar-refractivity contribution in [3.8, 4) is 0 Å². The van der Waals surface area contributed by atoms with Crippen LogP contribution >= 0.6 is 0 Å². The van der Waals surface area contributed by atoms with Crippen LogP contribution in [-0.4, -0.2) is 40.5 Å². The zero-order valence-electron chi connectivity index (χ0n) is 17.4. The molecular weight excluding hydrogens is 370 g/mol. The summed E-state index contributed by atoms with van der Waals surface area (Å²) in [5.74, 6) is 0. The number of benzene rings is 1. The van der Waals surface area contributed by atoms with E-state index in [-0.39, 0.29) is 12.2 Å². The Labute approximate surface area is 165 Å². The topological polar surface area (TPSA) is 154 Å². The molecule has 10 nitrogen and oxygen atoms in total. The van der Waals surface area contributed by atoms with Crippen LogP contribution in [0.1, 0.15) is 47.1 Å². The normalized spacial score (nSPS) is 10.3. The van der Waals surface area contributed by atoms with Crippen LogP contribution in [0.5, 0.6) is 0 Å². The number of aliphatic hydroxyl groups is 1. The number of hydrogen-bond donors (Lipinski definition) is 3. The second-order valence-electron chi connectivity index (χ2n) is 7.31. The number of amides is 2. The molecule has 10 heteroatoms. The van der Waals surface area contributed by atoms with E-state index in [1.54, 1.807) is 53.7 Å². The average Bonchev–Trinajstić information content (AvgIpc) is 2.52. The zero-order chi connectivity index (χ0) is 22.5. The number of nitrogens with zero attached hydrogens (tertiary/aromatic N) is 1. The van der Waals surface area contributed by atoms with Crippen LogP contribution in [0.25, 0.3) is 0 Å². The number of primary amides is 1. The fraction of sp³-hybridized carbons (Fsp3) is 0.556. The molecule has 160 valence electrons. The summed E-state index contributed by atoms with van der Waals surface area (Å²) in [6.45, 7) is 10.9. The summed E-state index contributed by atoms with van der Waals surface area (Å²) in [4.78, 5) is 31.4. The lowest BCUT2D eigenvalue weighted by atomic mass is 10.2. The number of nitrogens with two attached hydrogens (primary N) is 1. The number of carbonyl (C=O) groups is 2. The van der Waals surface area contributed by atoms with E-state index in [0.29, 0.717) is 0 Å². The van der Waals surface area contributed by atoms with Crippen molar-refractivity contribution in [2.45, 2.75) is 59.3 Å². The van der Waals surface area contributed by atoms with E-state index in [1.165, 1.54) is 12.1 Å². The van der Waals surface area contributed by atoms with Gasteiger partial charge in [-0.3, -0.25) is 10.1 Å². The van der Waals surface area contributed by atoms with Crippen molar-refractivity contribution in [2.75, 3.05) is 7.11 Å². The molecule has 0 saturated heterocycles. The van der Waals surface area contributed by atoms with Crippen molar-refractivity contribution < 1.29 is 29.1 Å². The molecule has 28 heavy (non-hydrogen) atoms. The molecule has 4 N–H and O–H groups in total. The summed E-state index contributed by atoms with van der Waals surface area (Å²) in [5.41, 5.74) is 4.52. The molecule has 2 amide bonds. The van der Waals surface area contributed by atoms with E-state index < -0.39 is 28.3 Å². The maximum atomic E-state index is 11.4. The molecule has 0 aliphatic rings. The van der Waals surface area contributed by atoms with Crippen molar-refractivity contribution >= 4 is 17.9 Å². The van der Waals surface area contributed by atoms with Crippen molar-refractivity contribution in [1.82, 2.24) is 5.32 Å². The number of hydrogen-bond acceptors (Lipinski definition) is 7. The van der Waals surface area contributed by atoms with Crippen LogP contribution in [0.4, 0.5) is 15.3 Å². The molecule has 0 saturated carbocycles. The molecular formula is C18H31N3O7. The second kappa shape index (κ2) is 12.5. The average molecular weight is 401 g/mol. The van der Waals surface area contributed by atoms with E-state index in [9.17, 15) is 19.7 Å². The fourth-order valence-corrected chi connectivity index (χ4v) is 1.53. The monoisotopic (exact) mass is 401 g/mol. The number of nitrogens with one attached hydrogen (secondary N) is 1. The molecule has 0 unspecified atom stereocenters. The minimum atomic E-state index is -0.725. The Morgan fingerprint density at radius 2 is 1.46 bits per heavy atom. The van der Waals surface area contributed by atoms with Gasteiger partial charge in [-0.25, -0.2) is 9.59 Å². The lowest BCUT2D eigenvalue weighted by Gasteiger charge is -2.19. The van der Waals surface area contributed by atoms with Crippen LogP contribution in [0, 0.1) is 10.1 Å². The number of nitro groups is 1. The Morgan fingerprint density at radius 1 is 1.04 bits per heavy atom. The van der Waals surface area contributed by atoms with E-state index in [2.05, 4.69) is 10.1 Å². The Kier molecular flexibility index (Phi) is 12.2. The summed E-state index contributed by atoms with van der Waals surface area (Å²) in [5, 5.41) is 20.0. The molecule has 0 atom stereocenters. The number of non-ortho nitro benzene ring substituents is 1. The number of ether oxygens (including phenoxy) is 2. The summed E-state index contributed by atoms with van der Waals surface area (Å²) >= 11 is 0. The number of aliphatic hydroxyl groups excluding tert-OH is 1. The van der Waals surface area contributed by atoms with Gasteiger partial charge in [0.05, 0.1) is 4.92 Å². The van der Waals surface area contributed by atoms with Gasteiger partial charge in [-0.1, -0.05) is 12.1 Å². The van der Waals surface area contributed by atoms with Gasteiger partial charge in [0.25, 0.3) is 5.69 Å². The van der Waals surface area contributed by atoms with Crippen LogP contribution in [0.2, 0.25) is 0 Å². The van der Waals surface area contributed by atoms with Gasteiger partial charge < -0.3 is 25.6 Å². The third-order valence-electron chi connectivity index (χ3n) is 2.39. The summed E-state index contributed by atoms with van der Waals surface area (Å²) in [7, 11) is 1.00. The molecule has 1 aromatic carbocycles. The van der Waals surface area contributed by atoms with E-state index in [0.717, 1.165) is 12.7 Å². The predicted molar refractivity (Wildman–Crippen MR) is 105 cm³/mol. The highest BCUT2D eigenvalue weighted by Gasteiger charge is 2.15. The van der Waals surface area contributed by atoms with Gasteiger partial charge in [-0.15, -0.1) is 0 Å². The second-order valence-corrected chi connectivity index (χ2v) is 7.31. The van der Waals surface area contributed by atoms with Crippen molar-refractivity contribution in [3.63, 3.8) is 0 Å². The first kappa shape index (κ1) is 27.3. The SMILES string of the molecule is CC(C)(C)OC(=O)NCc1ccc([N+](=O)[O-])cc1.CC(C)(C)OC(N)=O.CO. The van der Waals surface area contributed by atoms with Gasteiger partial charge in [0, 0.05) is 25.8 Å². The maximum absolute atomic E-state index is 11.4. The standard InChI is InChI=1S/C12H16N2O4.C5H11NO2.CH4O/c1-12(2,3)18-11(15)13-8-9-4-6-10(7-5-9)14(16)17;1-5(2,3)8-4(6)7;1-2/h4-7H,8H2,1-3H3,(H,13,15);1-3H3,(H2,6,7);2H,1H3. The van der Waals surface area contributed by atoms with Crippen molar-refractivity contribution in [1.29, 1.82) is 0 Å². The molecule has 0 aliphatic heterocycles. The van der Waals surface area contributed by atoms with Gasteiger partial charge in [-0.05, 0) is 47.1 Å². The van der Waals surface area contributed by atoms with Gasteiger partial charge in [0.2, 0.25) is 0 Å². The van der Waals surface area contributed by atoms with Gasteiger partial charge in [-0.2, -0.15) is 0 Å². The quantitative estimate of drug-likeness (QED) is 0.519. The highest BCUT2D eigenvalue weighted by molar-refractivity contribution is 5.67. The number of nitro benzene ring substituents is 1. The van der Waals surface area contributed by atoms with Crippen LogP contribution in [-0.2, 0) is 16.0 Å². The largest absolute Gasteiger partial charge is 0.444 e. The fourth-order valence-electron chi connectivity index (χ4n) is 1.53. The predicted octanol–water partition coefficient (Wildman–Crippen LogP) is 3.11. The van der Waals surface area contributed by atoms with Crippen LogP contribution in [0.3, 0.4) is 0 Å². The highest BCUT2D eigenvalue weighted by atomic mass is 16.6. The van der Waals surface area contributed by atoms with Gasteiger partial charge >= 0.3 is 12.2 Å². The minimum Gasteiger partial charge on any atom is -0.444 e. The van der Waals surface area contributed by atoms with E-state index in [1.807, 2.05) is 0 Å².